The zero-order valence-electron chi connectivity index (χ0n) is 21.0. The fourth-order valence-corrected chi connectivity index (χ4v) is 4.45. The summed E-state index contributed by atoms with van der Waals surface area (Å²) < 4.78 is 22.7. The third-order valence-electron chi connectivity index (χ3n) is 6.35. The van der Waals surface area contributed by atoms with Crippen LogP contribution in [0.1, 0.15) is 28.4 Å². The number of benzene rings is 3. The molecule has 8 nitrogen and oxygen atoms in total. The van der Waals surface area contributed by atoms with Crippen molar-refractivity contribution in [1.82, 2.24) is 4.90 Å². The van der Waals surface area contributed by atoms with Crippen LogP contribution in [0.15, 0.2) is 72.8 Å². The number of methoxy groups -OCH3 is 2. The van der Waals surface area contributed by atoms with Crippen LogP contribution in [0.4, 0.5) is 0 Å². The second-order valence-corrected chi connectivity index (χ2v) is 8.69. The zero-order chi connectivity index (χ0) is 26.2. The van der Waals surface area contributed by atoms with Gasteiger partial charge in [0.15, 0.2) is 17.6 Å². The number of ether oxygens (including phenoxy) is 4. The Kier molecular flexibility index (Phi) is 8.77. The molecule has 4 rings (SSSR count). The molecule has 2 atom stereocenters. The van der Waals surface area contributed by atoms with E-state index in [9.17, 15) is 14.7 Å². The van der Waals surface area contributed by atoms with E-state index in [-0.39, 0.29) is 19.6 Å². The van der Waals surface area contributed by atoms with E-state index in [1.165, 1.54) is 4.90 Å². The number of carbonyl (C=O) groups excluding carboxylic acids is 1. The molecule has 194 valence electrons. The molecule has 1 amide bonds. The number of aliphatic carboxylic acids is 1. The maximum Gasteiger partial charge on any atom is 0.326 e. The summed E-state index contributed by atoms with van der Waals surface area (Å²) >= 11 is 0. The van der Waals surface area contributed by atoms with E-state index >= 15 is 0 Å². The summed E-state index contributed by atoms with van der Waals surface area (Å²) in [6.45, 7) is 0.910. The van der Waals surface area contributed by atoms with Gasteiger partial charge in [-0.25, -0.2) is 4.79 Å². The van der Waals surface area contributed by atoms with Crippen LogP contribution in [0, 0.1) is 0 Å². The van der Waals surface area contributed by atoms with Crippen LogP contribution in [0.2, 0.25) is 0 Å². The van der Waals surface area contributed by atoms with Gasteiger partial charge in [0.25, 0.3) is 5.91 Å². The van der Waals surface area contributed by atoms with Gasteiger partial charge in [-0.1, -0.05) is 66.7 Å². The molecule has 8 heteroatoms. The van der Waals surface area contributed by atoms with Crippen molar-refractivity contribution in [2.45, 2.75) is 31.7 Å². The van der Waals surface area contributed by atoms with Crippen LogP contribution in [0.25, 0.3) is 0 Å². The van der Waals surface area contributed by atoms with Gasteiger partial charge in [0.05, 0.1) is 20.3 Å². The van der Waals surface area contributed by atoms with Gasteiger partial charge in [-0.05, 0) is 22.8 Å². The molecule has 3 aromatic carbocycles. The highest BCUT2D eigenvalue weighted by molar-refractivity contribution is 5.88. The van der Waals surface area contributed by atoms with Gasteiger partial charge in [0.2, 0.25) is 0 Å². The molecule has 1 aliphatic rings. The maximum absolute atomic E-state index is 13.8. The van der Waals surface area contributed by atoms with E-state index in [2.05, 4.69) is 0 Å². The Hall–Kier alpha value is -3.88. The Morgan fingerprint density at radius 2 is 1.68 bits per heavy atom. The molecule has 0 saturated carbocycles. The lowest BCUT2D eigenvalue weighted by atomic mass is 9.91. The Morgan fingerprint density at radius 3 is 2.32 bits per heavy atom. The summed E-state index contributed by atoms with van der Waals surface area (Å²) in [5.74, 6) is -0.496. The lowest BCUT2D eigenvalue weighted by molar-refractivity contribution is -0.158. The number of fused-ring (bicyclic) bond motifs is 1. The minimum absolute atomic E-state index is 0.0807. The first-order valence-electron chi connectivity index (χ1n) is 12.1. The predicted molar refractivity (Wildman–Crippen MR) is 136 cm³/mol. The largest absolute Gasteiger partial charge is 0.493 e. The van der Waals surface area contributed by atoms with Gasteiger partial charge in [0.1, 0.15) is 12.6 Å². The van der Waals surface area contributed by atoms with Crippen molar-refractivity contribution in [3.63, 3.8) is 0 Å². The summed E-state index contributed by atoms with van der Waals surface area (Å²) in [4.78, 5) is 27.6. The highest BCUT2D eigenvalue weighted by Gasteiger charge is 2.40. The molecule has 1 unspecified atom stereocenters. The van der Waals surface area contributed by atoms with Crippen molar-refractivity contribution < 1.29 is 33.6 Å². The molecular weight excluding hydrogens is 474 g/mol. The van der Waals surface area contributed by atoms with Crippen LogP contribution >= 0.6 is 0 Å². The lowest BCUT2D eigenvalue weighted by Gasteiger charge is -2.37. The fraction of sp³-hybridized carbons (Fsp3) is 0.310. The number of carboxylic acids is 1. The van der Waals surface area contributed by atoms with E-state index < -0.39 is 24.0 Å². The standard InChI is InChI=1S/C29H31NO7/c1-34-15-16-36-26(21-11-7-4-8-12-21)28(31)30-18-22-13-14-25(35-2)27(23(22)17-24(30)29(32)33)37-19-20-9-5-3-6-10-20/h3-14,24,26H,15-19H2,1-2H3,(H,32,33)/t24-,26?/m0/s1. The molecule has 3 aromatic rings. The van der Waals surface area contributed by atoms with Crippen LogP contribution < -0.4 is 9.47 Å². The second kappa shape index (κ2) is 12.4. The van der Waals surface area contributed by atoms with Gasteiger partial charge >= 0.3 is 5.97 Å². The monoisotopic (exact) mass is 505 g/mol. The smallest absolute Gasteiger partial charge is 0.326 e. The molecule has 1 heterocycles. The molecule has 1 aliphatic heterocycles. The summed E-state index contributed by atoms with van der Waals surface area (Å²) in [5.41, 5.74) is 3.16. The molecule has 0 fully saturated rings. The van der Waals surface area contributed by atoms with Crippen LogP contribution in [0.5, 0.6) is 11.5 Å². The van der Waals surface area contributed by atoms with E-state index in [1.54, 1.807) is 32.4 Å². The molecule has 0 saturated heterocycles. The van der Waals surface area contributed by atoms with Crippen molar-refractivity contribution in [2.75, 3.05) is 27.4 Å². The first kappa shape index (κ1) is 26.2. The highest BCUT2D eigenvalue weighted by Crippen LogP contribution is 2.39. The topological polar surface area (TPSA) is 94.5 Å². The SMILES string of the molecule is COCCOC(C(=O)N1Cc2ccc(OC)c(OCc3ccccc3)c2C[C@H]1C(=O)O)c1ccccc1. The quantitative estimate of drug-likeness (QED) is 0.394. The maximum atomic E-state index is 13.8. The summed E-state index contributed by atoms with van der Waals surface area (Å²) in [6.07, 6.45) is -0.871. The minimum atomic E-state index is -1.10. The average molecular weight is 506 g/mol. The molecule has 37 heavy (non-hydrogen) atoms. The summed E-state index contributed by atoms with van der Waals surface area (Å²) in [7, 11) is 3.10. The molecular formula is C29H31NO7. The summed E-state index contributed by atoms with van der Waals surface area (Å²) in [5, 5.41) is 10.1. The number of amides is 1. The van der Waals surface area contributed by atoms with Gasteiger partial charge < -0.3 is 29.0 Å². The number of carboxylic acid groups (broad SMARTS) is 1. The highest BCUT2D eigenvalue weighted by atomic mass is 16.5. The third-order valence-corrected chi connectivity index (χ3v) is 6.35. The van der Waals surface area contributed by atoms with E-state index in [0.29, 0.717) is 30.3 Å². The van der Waals surface area contributed by atoms with Crippen molar-refractivity contribution in [1.29, 1.82) is 0 Å². The Morgan fingerprint density at radius 1 is 0.973 bits per heavy atom. The Bertz CT molecular complexity index is 1200. The first-order chi connectivity index (χ1) is 18.0. The van der Waals surface area contributed by atoms with E-state index in [1.807, 2.05) is 54.6 Å². The number of carbonyl (C=O) groups is 2. The third kappa shape index (κ3) is 6.10. The van der Waals surface area contributed by atoms with Crippen LogP contribution in [-0.2, 0) is 38.6 Å². The Balaban J connectivity index is 1.65. The van der Waals surface area contributed by atoms with Crippen molar-refractivity contribution in [2.24, 2.45) is 0 Å². The van der Waals surface area contributed by atoms with Gasteiger partial charge in [-0.3, -0.25) is 4.79 Å². The molecule has 0 radical (unpaired) electrons. The molecule has 0 aliphatic carbocycles. The van der Waals surface area contributed by atoms with Crippen LogP contribution in [-0.4, -0.2) is 55.4 Å². The summed E-state index contributed by atoms with van der Waals surface area (Å²) in [6, 6.07) is 21.3. The molecule has 1 N–H and O–H groups in total. The van der Waals surface area contributed by atoms with E-state index in [4.69, 9.17) is 18.9 Å². The number of hydrogen-bond donors (Lipinski definition) is 1. The van der Waals surface area contributed by atoms with Crippen molar-refractivity contribution in [3.05, 3.63) is 95.1 Å². The normalized spacial score (nSPS) is 15.5. The van der Waals surface area contributed by atoms with Gasteiger partial charge in [-0.2, -0.15) is 0 Å². The fourth-order valence-electron chi connectivity index (χ4n) is 4.45. The number of hydrogen-bond acceptors (Lipinski definition) is 6. The van der Waals surface area contributed by atoms with E-state index in [0.717, 1.165) is 16.7 Å². The van der Waals surface area contributed by atoms with Crippen molar-refractivity contribution >= 4 is 11.9 Å². The second-order valence-electron chi connectivity index (χ2n) is 8.69. The van der Waals surface area contributed by atoms with Crippen LogP contribution in [0.3, 0.4) is 0 Å². The van der Waals surface area contributed by atoms with Gasteiger partial charge in [0, 0.05) is 25.6 Å². The Labute approximate surface area is 216 Å². The van der Waals surface area contributed by atoms with Gasteiger partial charge in [-0.15, -0.1) is 0 Å². The number of rotatable bonds is 11. The molecule has 0 aromatic heterocycles. The minimum Gasteiger partial charge on any atom is -0.493 e. The number of nitrogens with zero attached hydrogens (tertiary/aromatic N) is 1. The lowest BCUT2D eigenvalue weighted by Crippen LogP contribution is -2.50. The first-order valence-corrected chi connectivity index (χ1v) is 12.1. The zero-order valence-corrected chi connectivity index (χ0v) is 21.0. The average Bonchev–Trinajstić information content (AvgIpc) is 2.94. The predicted octanol–water partition coefficient (Wildman–Crippen LogP) is 4.02. The van der Waals surface area contributed by atoms with Crippen molar-refractivity contribution in [3.8, 4) is 11.5 Å². The molecule has 0 bridgehead atoms. The molecule has 0 spiro atoms.